The molecule has 2 rings (SSSR count). The van der Waals surface area contributed by atoms with Crippen LogP contribution in [0.1, 0.15) is 28.4 Å². The number of hydrogen-bond donors (Lipinski definition) is 1. The number of non-ortho nitro benzene ring substituents is 1. The molecule has 8 nitrogen and oxygen atoms in total. The SMILES string of the molecule is CCc1cccc(C)c1NC(=O)c1cc([N+](=O)[O-])cc([N+](=O)[O-])c1Cl. The summed E-state index contributed by atoms with van der Waals surface area (Å²) in [6, 6.07) is 7.13. The maximum atomic E-state index is 12.6. The van der Waals surface area contributed by atoms with Crippen LogP contribution in [-0.4, -0.2) is 15.8 Å². The van der Waals surface area contributed by atoms with E-state index in [1.807, 2.05) is 19.1 Å². The number of nitrogens with zero attached hydrogens (tertiary/aromatic N) is 2. The average Bonchev–Trinajstić information content (AvgIpc) is 2.56. The molecule has 0 saturated carbocycles. The van der Waals surface area contributed by atoms with Gasteiger partial charge in [0.1, 0.15) is 5.02 Å². The Morgan fingerprint density at radius 3 is 2.44 bits per heavy atom. The molecule has 0 fully saturated rings. The number of halogens is 1. The molecule has 0 bridgehead atoms. The minimum Gasteiger partial charge on any atom is -0.321 e. The first kappa shape index (κ1) is 18.3. The number of rotatable bonds is 5. The summed E-state index contributed by atoms with van der Waals surface area (Å²) < 4.78 is 0. The molecule has 2 aromatic carbocycles. The number of amides is 1. The minimum atomic E-state index is -0.864. The van der Waals surface area contributed by atoms with Gasteiger partial charge in [0.25, 0.3) is 17.3 Å². The summed E-state index contributed by atoms with van der Waals surface area (Å²) in [5.41, 5.74) is 0.615. The number of anilines is 1. The Labute approximate surface area is 147 Å². The standard InChI is InChI=1S/C16H14ClN3O5/c1-3-10-6-4-5-9(2)15(10)18-16(21)12-7-11(19(22)23)8-13(14(12)17)20(24)25/h4-8H,3H2,1-2H3,(H,18,21). The van der Waals surface area contributed by atoms with Crippen molar-refractivity contribution in [3.63, 3.8) is 0 Å². The monoisotopic (exact) mass is 363 g/mol. The Balaban J connectivity index is 2.53. The van der Waals surface area contributed by atoms with E-state index in [0.717, 1.165) is 23.3 Å². The van der Waals surface area contributed by atoms with Gasteiger partial charge >= 0.3 is 0 Å². The van der Waals surface area contributed by atoms with Gasteiger partial charge in [-0.25, -0.2) is 0 Å². The van der Waals surface area contributed by atoms with Crippen LogP contribution in [0.2, 0.25) is 5.02 Å². The summed E-state index contributed by atoms with van der Waals surface area (Å²) in [7, 11) is 0. The number of hydrogen-bond acceptors (Lipinski definition) is 5. The Morgan fingerprint density at radius 2 is 1.88 bits per heavy atom. The van der Waals surface area contributed by atoms with Crippen molar-refractivity contribution in [1.82, 2.24) is 0 Å². The highest BCUT2D eigenvalue weighted by atomic mass is 35.5. The molecule has 9 heteroatoms. The van der Waals surface area contributed by atoms with Gasteiger partial charge in [-0.15, -0.1) is 0 Å². The molecule has 1 N–H and O–H groups in total. The van der Waals surface area contributed by atoms with Gasteiger partial charge in [-0.05, 0) is 24.5 Å². The Hall–Kier alpha value is -3.00. The summed E-state index contributed by atoms with van der Waals surface area (Å²) in [6.07, 6.45) is 0.653. The molecule has 0 aliphatic rings. The van der Waals surface area contributed by atoms with E-state index in [-0.39, 0.29) is 5.56 Å². The highest BCUT2D eigenvalue weighted by Gasteiger charge is 2.26. The Morgan fingerprint density at radius 1 is 1.20 bits per heavy atom. The highest BCUT2D eigenvalue weighted by molar-refractivity contribution is 6.36. The lowest BCUT2D eigenvalue weighted by Crippen LogP contribution is -2.15. The predicted molar refractivity (Wildman–Crippen MR) is 93.3 cm³/mol. The summed E-state index contributed by atoms with van der Waals surface area (Å²) in [6.45, 7) is 3.71. The number of aryl methyl sites for hydroxylation is 2. The molecule has 0 atom stereocenters. The van der Waals surface area contributed by atoms with E-state index in [1.165, 1.54) is 0 Å². The number of nitro benzene ring substituents is 2. The fourth-order valence-electron chi connectivity index (χ4n) is 2.38. The highest BCUT2D eigenvalue weighted by Crippen LogP contribution is 2.33. The lowest BCUT2D eigenvalue weighted by Gasteiger charge is -2.13. The van der Waals surface area contributed by atoms with Crippen LogP contribution in [0.4, 0.5) is 17.1 Å². The van der Waals surface area contributed by atoms with E-state index in [9.17, 15) is 25.0 Å². The molecule has 0 saturated heterocycles. The minimum absolute atomic E-state index is 0.326. The van der Waals surface area contributed by atoms with Crippen molar-refractivity contribution in [3.05, 3.63) is 72.3 Å². The first-order valence-electron chi connectivity index (χ1n) is 7.28. The number of nitrogens with one attached hydrogen (secondary N) is 1. The van der Waals surface area contributed by atoms with Crippen LogP contribution >= 0.6 is 11.6 Å². The van der Waals surface area contributed by atoms with Gasteiger partial charge in [0, 0.05) is 11.8 Å². The van der Waals surface area contributed by atoms with E-state index in [4.69, 9.17) is 11.6 Å². The zero-order valence-electron chi connectivity index (χ0n) is 13.4. The van der Waals surface area contributed by atoms with Gasteiger partial charge in [0.05, 0.1) is 21.5 Å². The maximum Gasteiger partial charge on any atom is 0.295 e. The molecule has 1 amide bonds. The zero-order valence-corrected chi connectivity index (χ0v) is 14.2. The first-order chi connectivity index (χ1) is 11.8. The van der Waals surface area contributed by atoms with Gasteiger partial charge in [0.15, 0.2) is 0 Å². The quantitative estimate of drug-likeness (QED) is 0.628. The zero-order chi connectivity index (χ0) is 18.7. The molecule has 0 aliphatic carbocycles. The van der Waals surface area contributed by atoms with Crippen LogP contribution in [0.15, 0.2) is 30.3 Å². The molecule has 2 aromatic rings. The summed E-state index contributed by atoms with van der Waals surface area (Å²) >= 11 is 5.93. The van der Waals surface area contributed by atoms with E-state index >= 15 is 0 Å². The molecule has 0 heterocycles. The smallest absolute Gasteiger partial charge is 0.295 e. The maximum absolute atomic E-state index is 12.6. The Kier molecular flexibility index (Phi) is 5.33. The van der Waals surface area contributed by atoms with Crippen LogP contribution in [0, 0.1) is 27.2 Å². The molecule has 0 aliphatic heterocycles. The summed E-state index contributed by atoms with van der Waals surface area (Å²) in [5.74, 6) is -0.749. The lowest BCUT2D eigenvalue weighted by atomic mass is 10.0. The van der Waals surface area contributed by atoms with Gasteiger partial charge in [-0.3, -0.25) is 25.0 Å². The van der Waals surface area contributed by atoms with Crippen molar-refractivity contribution in [2.45, 2.75) is 20.3 Å². The third-order valence-electron chi connectivity index (χ3n) is 3.67. The molecule has 25 heavy (non-hydrogen) atoms. The van der Waals surface area contributed by atoms with Crippen molar-refractivity contribution in [1.29, 1.82) is 0 Å². The molecule has 0 aromatic heterocycles. The van der Waals surface area contributed by atoms with E-state index in [1.54, 1.807) is 13.0 Å². The van der Waals surface area contributed by atoms with Crippen molar-refractivity contribution in [2.24, 2.45) is 0 Å². The Bertz CT molecular complexity index is 882. The van der Waals surface area contributed by atoms with Crippen molar-refractivity contribution < 1.29 is 14.6 Å². The van der Waals surface area contributed by atoms with Gasteiger partial charge in [-0.2, -0.15) is 0 Å². The number of carbonyl (C=O) groups is 1. The second-order valence-corrected chi connectivity index (χ2v) is 5.64. The topological polar surface area (TPSA) is 115 Å². The summed E-state index contributed by atoms with van der Waals surface area (Å²) in [4.78, 5) is 32.9. The number of carbonyl (C=O) groups excluding carboxylic acids is 1. The number of benzene rings is 2. The molecule has 0 unspecified atom stereocenters. The number of nitro groups is 2. The fourth-order valence-corrected chi connectivity index (χ4v) is 2.64. The lowest BCUT2D eigenvalue weighted by molar-refractivity contribution is -0.394. The molecule has 130 valence electrons. The summed E-state index contributed by atoms with van der Waals surface area (Å²) in [5, 5.41) is 24.2. The molecular weight excluding hydrogens is 350 g/mol. The van der Waals surface area contributed by atoms with Crippen molar-refractivity contribution >= 4 is 34.6 Å². The largest absolute Gasteiger partial charge is 0.321 e. The molecular formula is C16H14ClN3O5. The van der Waals surface area contributed by atoms with Crippen LogP contribution in [-0.2, 0) is 6.42 Å². The third-order valence-corrected chi connectivity index (χ3v) is 4.07. The van der Waals surface area contributed by atoms with Gasteiger partial charge < -0.3 is 5.32 Å². The molecule has 0 spiro atoms. The average molecular weight is 364 g/mol. The second-order valence-electron chi connectivity index (χ2n) is 5.26. The second kappa shape index (κ2) is 7.27. The third kappa shape index (κ3) is 3.74. The van der Waals surface area contributed by atoms with Crippen molar-refractivity contribution in [3.8, 4) is 0 Å². The van der Waals surface area contributed by atoms with E-state index < -0.39 is 32.2 Å². The predicted octanol–water partition coefficient (Wildman–Crippen LogP) is 4.28. The fraction of sp³-hybridized carbons (Fsp3) is 0.188. The van der Waals surface area contributed by atoms with Crippen LogP contribution in [0.25, 0.3) is 0 Å². The van der Waals surface area contributed by atoms with Crippen molar-refractivity contribution in [2.75, 3.05) is 5.32 Å². The number of para-hydroxylation sites is 1. The first-order valence-corrected chi connectivity index (χ1v) is 7.66. The van der Waals surface area contributed by atoms with E-state index in [0.29, 0.717) is 12.1 Å². The van der Waals surface area contributed by atoms with Crippen LogP contribution < -0.4 is 5.32 Å². The van der Waals surface area contributed by atoms with Gasteiger partial charge in [-0.1, -0.05) is 36.7 Å². The normalized spacial score (nSPS) is 10.4. The van der Waals surface area contributed by atoms with Gasteiger partial charge in [0.2, 0.25) is 0 Å². The molecule has 0 radical (unpaired) electrons. The van der Waals surface area contributed by atoms with Crippen LogP contribution in [0.3, 0.4) is 0 Å². The van der Waals surface area contributed by atoms with E-state index in [2.05, 4.69) is 5.32 Å². The van der Waals surface area contributed by atoms with Crippen LogP contribution in [0.5, 0.6) is 0 Å².